The molecular formula is C15H14Cl2CrSi. The van der Waals surface area contributed by atoms with Gasteiger partial charge in [-0.3, -0.25) is 0 Å². The quantitative estimate of drug-likeness (QED) is 0.343. The van der Waals surface area contributed by atoms with Gasteiger partial charge in [0.1, 0.15) is 0 Å². The molecule has 3 aromatic rings. The Kier molecular flexibility index (Phi) is 7.29. The van der Waals surface area contributed by atoms with E-state index in [2.05, 4.69) is 61.6 Å². The maximum Gasteiger partial charge on any atom is 3.00 e. The van der Waals surface area contributed by atoms with Crippen LogP contribution in [0.1, 0.15) is 0 Å². The summed E-state index contributed by atoms with van der Waals surface area (Å²) in [6, 6.07) is 17.7. The van der Waals surface area contributed by atoms with Crippen molar-refractivity contribution < 1.29 is 42.2 Å². The average Bonchev–Trinajstić information content (AvgIpc) is 2.67. The maximum atomic E-state index is 2.36. The van der Waals surface area contributed by atoms with Gasteiger partial charge in [0.15, 0.2) is 0 Å². The minimum Gasteiger partial charge on any atom is -1.00 e. The molecule has 0 saturated carbocycles. The Labute approximate surface area is 139 Å². The van der Waals surface area contributed by atoms with Gasteiger partial charge in [0.05, 0.1) is 0 Å². The summed E-state index contributed by atoms with van der Waals surface area (Å²) in [7, 11) is -0.384. The van der Waals surface area contributed by atoms with Crippen molar-refractivity contribution in [2.45, 2.75) is 13.1 Å². The summed E-state index contributed by atoms with van der Waals surface area (Å²) in [4.78, 5) is 0. The van der Waals surface area contributed by atoms with Crippen molar-refractivity contribution >= 4 is 35.5 Å². The zero-order valence-corrected chi connectivity index (χ0v) is 14.6. The van der Waals surface area contributed by atoms with E-state index in [4.69, 9.17) is 0 Å². The molecule has 0 aliphatic carbocycles. The largest absolute Gasteiger partial charge is 3.00 e. The Hall–Kier alpha value is -0.361. The van der Waals surface area contributed by atoms with E-state index in [1.165, 1.54) is 21.5 Å². The third kappa shape index (κ3) is 3.21. The Morgan fingerprint density at radius 3 is 2.16 bits per heavy atom. The van der Waals surface area contributed by atoms with Crippen LogP contribution in [0.3, 0.4) is 0 Å². The van der Waals surface area contributed by atoms with E-state index in [1.54, 1.807) is 5.19 Å². The van der Waals surface area contributed by atoms with Gasteiger partial charge < -0.3 is 24.8 Å². The van der Waals surface area contributed by atoms with Crippen molar-refractivity contribution in [2.24, 2.45) is 0 Å². The molecule has 3 aromatic carbocycles. The van der Waals surface area contributed by atoms with Gasteiger partial charge in [-0.2, -0.15) is 0 Å². The number of hydrogen-bond donors (Lipinski definition) is 0. The molecule has 0 amide bonds. The fourth-order valence-electron chi connectivity index (χ4n) is 2.42. The fourth-order valence-corrected chi connectivity index (χ4v) is 3.59. The van der Waals surface area contributed by atoms with Crippen molar-refractivity contribution in [3.63, 3.8) is 0 Å². The molecule has 3 rings (SSSR count). The summed E-state index contributed by atoms with van der Waals surface area (Å²) in [5.41, 5.74) is 0. The van der Waals surface area contributed by atoms with E-state index >= 15 is 0 Å². The molecule has 0 aliphatic rings. The summed E-state index contributed by atoms with van der Waals surface area (Å²) in [5.74, 6) is 0. The van der Waals surface area contributed by atoms with Gasteiger partial charge >= 0.3 is 17.4 Å². The standard InChI is InChI=1S/C15H14Si.2ClH.Cr/c1-16(2)15-9-5-8-13-12-7-4-3-6-11(12)10-14(13)15;;;/h3-10H,1-2H3;2*1H;/q-1;;;+3/p-2. The van der Waals surface area contributed by atoms with Gasteiger partial charge in [-0.1, -0.05) is 49.5 Å². The van der Waals surface area contributed by atoms with Crippen LogP contribution in [0.25, 0.3) is 21.5 Å². The van der Waals surface area contributed by atoms with Gasteiger partial charge in [-0.05, 0) is 0 Å². The molecule has 2 radical (unpaired) electrons. The van der Waals surface area contributed by atoms with Crippen LogP contribution in [0.4, 0.5) is 0 Å². The number of rotatable bonds is 1. The van der Waals surface area contributed by atoms with Crippen LogP contribution in [0.5, 0.6) is 0 Å². The van der Waals surface area contributed by atoms with E-state index in [9.17, 15) is 0 Å². The molecule has 0 N–H and O–H groups in total. The normalized spacial score (nSPS) is 9.84. The number of fused-ring (bicyclic) bond motifs is 3. The monoisotopic (exact) mass is 344 g/mol. The first-order valence-electron chi connectivity index (χ1n) is 5.65. The molecular weight excluding hydrogens is 331 g/mol. The van der Waals surface area contributed by atoms with Crippen LogP contribution < -0.4 is 30.0 Å². The second-order valence-electron chi connectivity index (χ2n) is 4.50. The second-order valence-corrected chi connectivity index (χ2v) is 7.04. The van der Waals surface area contributed by atoms with Gasteiger partial charge in [-0.15, -0.1) is 38.9 Å². The molecule has 98 valence electrons. The molecule has 0 aliphatic heterocycles. The zero-order chi connectivity index (χ0) is 11.1. The van der Waals surface area contributed by atoms with Crippen molar-refractivity contribution in [2.75, 3.05) is 0 Å². The van der Waals surface area contributed by atoms with Gasteiger partial charge in [0.2, 0.25) is 0 Å². The molecule has 0 aromatic heterocycles. The number of halogens is 2. The summed E-state index contributed by atoms with van der Waals surface area (Å²) in [5, 5.41) is 7.19. The predicted molar refractivity (Wildman–Crippen MR) is 74.2 cm³/mol. The first-order valence-corrected chi connectivity index (χ1v) is 8.15. The van der Waals surface area contributed by atoms with Crippen molar-refractivity contribution in [1.82, 2.24) is 0 Å². The van der Waals surface area contributed by atoms with Crippen LogP contribution >= 0.6 is 0 Å². The molecule has 0 atom stereocenters. The fraction of sp³-hybridized carbons (Fsp3) is 0.133. The summed E-state index contributed by atoms with van der Waals surface area (Å²) in [6.07, 6.45) is 0. The van der Waals surface area contributed by atoms with Crippen LogP contribution in [0, 0.1) is 0 Å². The summed E-state index contributed by atoms with van der Waals surface area (Å²) >= 11 is 0. The minimum absolute atomic E-state index is 0. The van der Waals surface area contributed by atoms with Crippen LogP contribution in [0.2, 0.25) is 13.1 Å². The van der Waals surface area contributed by atoms with E-state index in [-0.39, 0.29) is 51.0 Å². The van der Waals surface area contributed by atoms with Crippen molar-refractivity contribution in [3.05, 3.63) is 48.5 Å². The molecule has 0 nitrogen and oxygen atoms in total. The maximum absolute atomic E-state index is 2.36. The Balaban J connectivity index is 0.00000108. The van der Waals surface area contributed by atoms with E-state index < -0.39 is 0 Å². The topological polar surface area (TPSA) is 0 Å². The van der Waals surface area contributed by atoms with Crippen molar-refractivity contribution in [1.29, 1.82) is 0 Å². The first kappa shape index (κ1) is 18.6. The summed E-state index contributed by atoms with van der Waals surface area (Å²) < 4.78 is 0. The predicted octanol–water partition coefficient (Wildman–Crippen LogP) is -2.32. The molecule has 0 unspecified atom stereocenters. The molecule has 0 spiro atoms. The molecule has 0 saturated heterocycles. The smallest absolute Gasteiger partial charge is 1.00 e. The Morgan fingerprint density at radius 1 is 0.842 bits per heavy atom. The van der Waals surface area contributed by atoms with Crippen molar-refractivity contribution in [3.8, 4) is 0 Å². The molecule has 19 heavy (non-hydrogen) atoms. The average molecular weight is 345 g/mol. The Bertz CT molecular complexity index is 661. The molecule has 0 heterocycles. The van der Waals surface area contributed by atoms with E-state index in [0.29, 0.717) is 0 Å². The van der Waals surface area contributed by atoms with Gasteiger partial charge in [0.25, 0.3) is 0 Å². The zero-order valence-electron chi connectivity index (χ0n) is 10.8. The third-order valence-corrected chi connectivity index (χ3v) is 4.71. The molecule has 4 heteroatoms. The SMILES string of the molecule is C[Si](C)c1cccc2c1[cH-]c1ccccc12.[Cl-].[Cl-].[Cr+3]. The second kappa shape index (κ2) is 7.43. The van der Waals surface area contributed by atoms with Crippen LogP contribution in [-0.2, 0) is 17.4 Å². The van der Waals surface area contributed by atoms with Crippen LogP contribution in [-0.4, -0.2) is 8.80 Å². The van der Waals surface area contributed by atoms with E-state index in [1.807, 2.05) is 0 Å². The van der Waals surface area contributed by atoms with Gasteiger partial charge in [0, 0.05) is 8.80 Å². The molecule has 0 fully saturated rings. The van der Waals surface area contributed by atoms with Crippen LogP contribution in [0.15, 0.2) is 48.5 Å². The van der Waals surface area contributed by atoms with Gasteiger partial charge in [-0.25, -0.2) is 0 Å². The molecule has 0 bridgehead atoms. The third-order valence-electron chi connectivity index (χ3n) is 3.20. The first-order chi connectivity index (χ1) is 7.77. The Morgan fingerprint density at radius 2 is 1.47 bits per heavy atom. The van der Waals surface area contributed by atoms with E-state index in [0.717, 1.165) is 0 Å². The summed E-state index contributed by atoms with van der Waals surface area (Å²) in [6.45, 7) is 4.72. The number of hydrogen-bond acceptors (Lipinski definition) is 0. The minimum atomic E-state index is -0.384. The number of benzene rings is 2.